The second-order valence-corrected chi connectivity index (χ2v) is 1.99. The van der Waals surface area contributed by atoms with E-state index in [2.05, 4.69) is 35.9 Å². The van der Waals surface area contributed by atoms with Gasteiger partial charge in [-0.1, -0.05) is 24.3 Å². The quantitative estimate of drug-likeness (QED) is 0.454. The smallest absolute Gasteiger partial charge is 0.0108 e. The SMILES string of the molecule is C1=CC2=CC=C1C2.CCl. The van der Waals surface area contributed by atoms with E-state index in [9.17, 15) is 0 Å². The fraction of sp³-hybridized carbons (Fsp3) is 0.250. The van der Waals surface area contributed by atoms with Crippen LogP contribution in [0.1, 0.15) is 6.42 Å². The Morgan fingerprint density at radius 1 is 1.11 bits per heavy atom. The molecule has 9 heavy (non-hydrogen) atoms. The first-order valence-electron chi connectivity index (χ1n) is 2.91. The normalized spacial score (nSPS) is 18.4. The zero-order valence-electron chi connectivity index (χ0n) is 5.39. The van der Waals surface area contributed by atoms with Crippen molar-refractivity contribution in [3.63, 3.8) is 0 Å². The summed E-state index contributed by atoms with van der Waals surface area (Å²) in [6.45, 7) is 0. The van der Waals surface area contributed by atoms with E-state index in [-0.39, 0.29) is 0 Å². The summed E-state index contributed by atoms with van der Waals surface area (Å²) in [4.78, 5) is 0. The Labute approximate surface area is 60.5 Å². The summed E-state index contributed by atoms with van der Waals surface area (Å²) in [5.74, 6) is 0. The highest BCUT2D eigenvalue weighted by molar-refractivity contribution is 6.15. The lowest BCUT2D eigenvalue weighted by Crippen LogP contribution is -1.59. The van der Waals surface area contributed by atoms with Gasteiger partial charge in [-0.15, -0.1) is 11.6 Å². The maximum absolute atomic E-state index is 4.64. The Morgan fingerprint density at radius 3 is 1.67 bits per heavy atom. The maximum atomic E-state index is 4.64. The summed E-state index contributed by atoms with van der Waals surface area (Å²) in [6.07, 6.45) is 11.4. The van der Waals surface area contributed by atoms with E-state index in [1.165, 1.54) is 23.9 Å². The molecule has 0 aromatic heterocycles. The van der Waals surface area contributed by atoms with E-state index in [4.69, 9.17) is 0 Å². The molecule has 1 heteroatoms. The van der Waals surface area contributed by atoms with Gasteiger partial charge >= 0.3 is 0 Å². The van der Waals surface area contributed by atoms with E-state index >= 15 is 0 Å². The van der Waals surface area contributed by atoms with Crippen LogP contribution < -0.4 is 0 Å². The zero-order chi connectivity index (χ0) is 6.69. The van der Waals surface area contributed by atoms with Crippen molar-refractivity contribution in [1.82, 2.24) is 0 Å². The molecule has 0 aliphatic heterocycles. The fourth-order valence-corrected chi connectivity index (χ4v) is 1.01. The Hall–Kier alpha value is -0.490. The molecule has 2 rings (SSSR count). The van der Waals surface area contributed by atoms with Crippen LogP contribution in [0.15, 0.2) is 35.5 Å². The van der Waals surface area contributed by atoms with Gasteiger partial charge in [0.1, 0.15) is 0 Å². The average Bonchev–Trinajstić information content (AvgIpc) is 2.53. The van der Waals surface area contributed by atoms with Crippen LogP contribution in [0, 0.1) is 0 Å². The van der Waals surface area contributed by atoms with Gasteiger partial charge < -0.3 is 0 Å². The number of alkyl halides is 1. The van der Waals surface area contributed by atoms with Crippen LogP contribution in [-0.2, 0) is 0 Å². The molecule has 0 amide bonds. The highest BCUT2D eigenvalue weighted by Gasteiger charge is 2.07. The summed E-state index contributed by atoms with van der Waals surface area (Å²) < 4.78 is 0. The van der Waals surface area contributed by atoms with Crippen LogP contribution in [-0.4, -0.2) is 6.38 Å². The van der Waals surface area contributed by atoms with E-state index in [1.54, 1.807) is 0 Å². The number of rotatable bonds is 0. The number of halogens is 1. The van der Waals surface area contributed by atoms with Crippen LogP contribution in [0.2, 0.25) is 0 Å². The number of fused-ring (bicyclic) bond motifs is 2. The minimum atomic E-state index is 1.19. The standard InChI is InChI=1S/C7H6.CH3Cl/c1-2-7-4-3-6(1)5-7;1-2/h1-4H,5H2;1H3. The van der Waals surface area contributed by atoms with Gasteiger partial charge in [-0.2, -0.15) is 0 Å². The Morgan fingerprint density at radius 2 is 1.56 bits per heavy atom. The zero-order valence-corrected chi connectivity index (χ0v) is 6.15. The van der Waals surface area contributed by atoms with Gasteiger partial charge in [0, 0.05) is 6.38 Å². The predicted octanol–water partition coefficient (Wildman–Crippen LogP) is 2.67. The van der Waals surface area contributed by atoms with Crippen molar-refractivity contribution in [2.24, 2.45) is 0 Å². The Balaban J connectivity index is 0.000000186. The van der Waals surface area contributed by atoms with Gasteiger partial charge in [-0.05, 0) is 17.6 Å². The van der Waals surface area contributed by atoms with Crippen LogP contribution in [0.4, 0.5) is 0 Å². The van der Waals surface area contributed by atoms with Crippen LogP contribution >= 0.6 is 11.6 Å². The summed E-state index contributed by atoms with van der Waals surface area (Å²) in [7, 11) is 0. The molecular weight excluding hydrogens is 132 g/mol. The molecular formula is C8H9Cl. The van der Waals surface area contributed by atoms with Gasteiger partial charge in [-0.25, -0.2) is 0 Å². The molecule has 2 bridgehead atoms. The highest BCUT2D eigenvalue weighted by Crippen LogP contribution is 2.27. The molecule has 0 spiro atoms. The summed E-state index contributed by atoms with van der Waals surface area (Å²) in [5, 5.41) is 0. The Kier molecular flexibility index (Phi) is 2.12. The van der Waals surface area contributed by atoms with E-state index < -0.39 is 0 Å². The van der Waals surface area contributed by atoms with Crippen molar-refractivity contribution in [2.45, 2.75) is 6.42 Å². The second kappa shape index (κ2) is 2.88. The lowest BCUT2D eigenvalue weighted by Gasteiger charge is -1.77. The number of allylic oxidation sites excluding steroid dienone is 6. The molecule has 0 saturated heterocycles. The van der Waals surface area contributed by atoms with Gasteiger partial charge in [0.05, 0.1) is 0 Å². The number of hydrogen-bond acceptors (Lipinski definition) is 0. The maximum Gasteiger partial charge on any atom is 0.0108 e. The summed E-state index contributed by atoms with van der Waals surface area (Å²) >= 11 is 4.64. The molecule has 0 nitrogen and oxygen atoms in total. The minimum Gasteiger partial charge on any atom is -0.130 e. The molecule has 0 atom stereocenters. The highest BCUT2D eigenvalue weighted by atomic mass is 35.5. The van der Waals surface area contributed by atoms with Crippen LogP contribution in [0.5, 0.6) is 0 Å². The molecule has 48 valence electrons. The molecule has 0 N–H and O–H groups in total. The topological polar surface area (TPSA) is 0 Å². The van der Waals surface area contributed by atoms with Crippen molar-refractivity contribution in [3.05, 3.63) is 35.5 Å². The molecule has 2 aliphatic rings. The largest absolute Gasteiger partial charge is 0.130 e. The third-order valence-electron chi connectivity index (χ3n) is 1.43. The molecule has 0 radical (unpaired) electrons. The van der Waals surface area contributed by atoms with Crippen molar-refractivity contribution in [2.75, 3.05) is 6.38 Å². The summed E-state index contributed by atoms with van der Waals surface area (Å²) in [5.41, 5.74) is 2.94. The van der Waals surface area contributed by atoms with E-state index in [1.807, 2.05) is 0 Å². The lowest BCUT2D eigenvalue weighted by atomic mass is 10.3. The lowest BCUT2D eigenvalue weighted by molar-refractivity contribution is 1.32. The van der Waals surface area contributed by atoms with Crippen molar-refractivity contribution < 1.29 is 0 Å². The molecule has 0 aromatic carbocycles. The Bertz CT molecular complexity index is 165. The van der Waals surface area contributed by atoms with Crippen molar-refractivity contribution >= 4 is 11.6 Å². The molecule has 0 aromatic rings. The molecule has 0 fully saturated rings. The first kappa shape index (κ1) is 6.63. The second-order valence-electron chi connectivity index (χ2n) is 1.99. The minimum absolute atomic E-state index is 1.19. The van der Waals surface area contributed by atoms with Crippen molar-refractivity contribution in [3.8, 4) is 0 Å². The van der Waals surface area contributed by atoms with Gasteiger partial charge in [0.2, 0.25) is 0 Å². The van der Waals surface area contributed by atoms with E-state index in [0.29, 0.717) is 0 Å². The third kappa shape index (κ3) is 1.25. The summed E-state index contributed by atoms with van der Waals surface area (Å²) in [6, 6.07) is 0. The molecule has 2 aliphatic carbocycles. The predicted molar refractivity (Wildman–Crippen MR) is 41.7 cm³/mol. The molecule has 0 saturated carbocycles. The monoisotopic (exact) mass is 140 g/mol. The number of hydrogen-bond donors (Lipinski definition) is 0. The fourth-order valence-electron chi connectivity index (χ4n) is 1.01. The first-order valence-corrected chi connectivity index (χ1v) is 3.66. The molecule has 0 unspecified atom stereocenters. The van der Waals surface area contributed by atoms with Crippen molar-refractivity contribution in [1.29, 1.82) is 0 Å². The van der Waals surface area contributed by atoms with Gasteiger partial charge in [0.25, 0.3) is 0 Å². The average molecular weight is 141 g/mol. The van der Waals surface area contributed by atoms with Crippen LogP contribution in [0.25, 0.3) is 0 Å². The van der Waals surface area contributed by atoms with Crippen LogP contribution in [0.3, 0.4) is 0 Å². The van der Waals surface area contributed by atoms with Gasteiger partial charge in [-0.3, -0.25) is 0 Å². The van der Waals surface area contributed by atoms with Gasteiger partial charge in [0.15, 0.2) is 0 Å². The van der Waals surface area contributed by atoms with E-state index in [0.717, 1.165) is 0 Å². The third-order valence-corrected chi connectivity index (χ3v) is 1.43. The molecule has 0 heterocycles. The first-order chi connectivity index (χ1) is 4.45.